The highest BCUT2D eigenvalue weighted by molar-refractivity contribution is 14.0. The number of ether oxygens (including phenoxy) is 1. The third-order valence-electron chi connectivity index (χ3n) is 4.34. The van der Waals surface area contributed by atoms with Gasteiger partial charge in [-0.15, -0.1) is 24.0 Å². The number of nitrogens with one attached hydrogen (secondary N) is 2. The van der Waals surface area contributed by atoms with Gasteiger partial charge in [-0.25, -0.2) is 0 Å². The van der Waals surface area contributed by atoms with Crippen molar-refractivity contribution in [3.05, 3.63) is 35.9 Å². The molecule has 0 aromatic heterocycles. The van der Waals surface area contributed by atoms with Crippen molar-refractivity contribution < 1.29 is 4.74 Å². The van der Waals surface area contributed by atoms with Gasteiger partial charge in [-0.3, -0.25) is 4.99 Å². The second-order valence-corrected chi connectivity index (χ2v) is 6.41. The van der Waals surface area contributed by atoms with E-state index >= 15 is 0 Å². The first kappa shape index (κ1) is 21.2. The van der Waals surface area contributed by atoms with Gasteiger partial charge < -0.3 is 15.4 Å². The molecule has 1 fully saturated rings. The largest absolute Gasteiger partial charge is 0.379 e. The average Bonchev–Trinajstić information content (AvgIpc) is 3.39. The van der Waals surface area contributed by atoms with E-state index in [-0.39, 0.29) is 24.0 Å². The van der Waals surface area contributed by atoms with Crippen LogP contribution in [0.5, 0.6) is 0 Å². The monoisotopic (exact) mass is 445 g/mol. The summed E-state index contributed by atoms with van der Waals surface area (Å²) < 4.78 is 5.65. The molecule has 0 aliphatic heterocycles. The lowest BCUT2D eigenvalue weighted by Gasteiger charge is -2.24. The Morgan fingerprint density at radius 1 is 1.25 bits per heavy atom. The summed E-state index contributed by atoms with van der Waals surface area (Å²) >= 11 is 0. The fourth-order valence-electron chi connectivity index (χ4n) is 2.46. The van der Waals surface area contributed by atoms with Crippen LogP contribution in [0.1, 0.15) is 45.1 Å². The number of rotatable bonds is 9. The van der Waals surface area contributed by atoms with Crippen molar-refractivity contribution in [1.29, 1.82) is 0 Å². The van der Waals surface area contributed by atoms with Gasteiger partial charge in [0.1, 0.15) is 0 Å². The summed E-state index contributed by atoms with van der Waals surface area (Å²) in [5.74, 6) is 2.11. The number of hydrogen-bond donors (Lipinski definition) is 2. The van der Waals surface area contributed by atoms with Crippen LogP contribution >= 0.6 is 24.0 Å². The van der Waals surface area contributed by atoms with E-state index in [2.05, 4.69) is 66.7 Å². The second kappa shape index (κ2) is 11.7. The molecule has 1 aliphatic carbocycles. The van der Waals surface area contributed by atoms with Crippen molar-refractivity contribution in [3.63, 3.8) is 0 Å². The van der Waals surface area contributed by atoms with Gasteiger partial charge >= 0.3 is 0 Å². The Morgan fingerprint density at radius 3 is 2.58 bits per heavy atom. The van der Waals surface area contributed by atoms with Gasteiger partial charge in [0.05, 0.1) is 13.2 Å². The van der Waals surface area contributed by atoms with Crippen molar-refractivity contribution in [2.45, 2.75) is 45.6 Å². The molecule has 0 radical (unpaired) electrons. The number of aliphatic imine (C=N–C) groups is 1. The standard InChI is InChI=1S/C19H31N3O.HI/c1-4-20-19(21-12-13-23-14-17-10-11-17)22-16(3)15(2)18-8-6-5-7-9-18;/h5-9,15-17H,4,10-14H2,1-3H3,(H2,20,21,22);1H. The molecule has 5 heteroatoms. The number of benzene rings is 1. The molecule has 0 spiro atoms. The second-order valence-electron chi connectivity index (χ2n) is 6.41. The highest BCUT2D eigenvalue weighted by Gasteiger charge is 2.20. The molecule has 2 rings (SSSR count). The van der Waals surface area contributed by atoms with Crippen molar-refractivity contribution in [1.82, 2.24) is 10.6 Å². The summed E-state index contributed by atoms with van der Waals surface area (Å²) in [6, 6.07) is 10.9. The molecule has 0 saturated heterocycles. The molecular weight excluding hydrogens is 413 g/mol. The summed E-state index contributed by atoms with van der Waals surface area (Å²) in [5.41, 5.74) is 1.34. The van der Waals surface area contributed by atoms with Crippen LogP contribution in [0.4, 0.5) is 0 Å². The Morgan fingerprint density at radius 2 is 1.96 bits per heavy atom. The van der Waals surface area contributed by atoms with Crippen LogP contribution in [0.3, 0.4) is 0 Å². The van der Waals surface area contributed by atoms with Crippen LogP contribution in [0.15, 0.2) is 35.3 Å². The van der Waals surface area contributed by atoms with Gasteiger partial charge in [0.25, 0.3) is 0 Å². The predicted molar refractivity (Wildman–Crippen MR) is 112 cm³/mol. The first-order valence-corrected chi connectivity index (χ1v) is 8.88. The third kappa shape index (κ3) is 7.83. The highest BCUT2D eigenvalue weighted by Crippen LogP contribution is 2.28. The molecule has 0 amide bonds. The molecule has 1 saturated carbocycles. The third-order valence-corrected chi connectivity index (χ3v) is 4.34. The molecule has 2 unspecified atom stereocenters. The van der Waals surface area contributed by atoms with Gasteiger partial charge in [-0.2, -0.15) is 0 Å². The van der Waals surface area contributed by atoms with Crippen LogP contribution in [0.25, 0.3) is 0 Å². The van der Waals surface area contributed by atoms with Gasteiger partial charge in [-0.05, 0) is 38.2 Å². The van der Waals surface area contributed by atoms with Crippen molar-refractivity contribution in [2.75, 3.05) is 26.3 Å². The molecule has 0 bridgehead atoms. The maximum Gasteiger partial charge on any atom is 0.191 e. The lowest BCUT2D eigenvalue weighted by Crippen LogP contribution is -2.44. The number of halogens is 1. The minimum atomic E-state index is 0. The SMILES string of the molecule is CCNC(=NCCOCC1CC1)NC(C)C(C)c1ccccc1.I. The predicted octanol–water partition coefficient (Wildman–Crippen LogP) is 3.78. The van der Waals surface area contributed by atoms with Crippen LogP contribution in [-0.4, -0.2) is 38.3 Å². The zero-order valence-corrected chi connectivity index (χ0v) is 17.5. The first-order valence-electron chi connectivity index (χ1n) is 8.88. The Labute approximate surface area is 163 Å². The zero-order chi connectivity index (χ0) is 16.5. The molecule has 2 atom stereocenters. The minimum Gasteiger partial charge on any atom is -0.379 e. The van der Waals surface area contributed by atoms with Crippen LogP contribution in [0.2, 0.25) is 0 Å². The Kier molecular flexibility index (Phi) is 10.3. The van der Waals surface area contributed by atoms with Crippen molar-refractivity contribution >= 4 is 29.9 Å². The lowest BCUT2D eigenvalue weighted by atomic mass is 9.94. The normalized spacial score (nSPS) is 16.9. The molecule has 4 nitrogen and oxygen atoms in total. The Hall–Kier alpha value is -0.820. The van der Waals surface area contributed by atoms with E-state index in [4.69, 9.17) is 4.74 Å². The summed E-state index contributed by atoms with van der Waals surface area (Å²) in [6.07, 6.45) is 2.67. The molecule has 1 aromatic rings. The molecular formula is C19H32IN3O. The summed E-state index contributed by atoms with van der Waals surface area (Å²) in [6.45, 7) is 9.71. The van der Waals surface area contributed by atoms with E-state index in [1.54, 1.807) is 0 Å². The van der Waals surface area contributed by atoms with Gasteiger partial charge in [0, 0.05) is 25.1 Å². The van der Waals surface area contributed by atoms with Gasteiger partial charge in [-0.1, -0.05) is 37.3 Å². The molecule has 24 heavy (non-hydrogen) atoms. The van der Waals surface area contributed by atoms with E-state index in [9.17, 15) is 0 Å². The fraction of sp³-hybridized carbons (Fsp3) is 0.632. The average molecular weight is 445 g/mol. The summed E-state index contributed by atoms with van der Waals surface area (Å²) in [5, 5.41) is 6.83. The smallest absolute Gasteiger partial charge is 0.191 e. The first-order chi connectivity index (χ1) is 11.2. The summed E-state index contributed by atoms with van der Waals surface area (Å²) in [7, 11) is 0. The van der Waals surface area contributed by atoms with Crippen LogP contribution in [0, 0.1) is 5.92 Å². The maximum atomic E-state index is 5.65. The minimum absolute atomic E-state index is 0. The van der Waals surface area contributed by atoms with E-state index in [1.165, 1.54) is 18.4 Å². The molecule has 0 heterocycles. The number of guanidine groups is 1. The van der Waals surface area contributed by atoms with E-state index < -0.39 is 0 Å². The quantitative estimate of drug-likeness (QED) is 0.263. The van der Waals surface area contributed by atoms with Gasteiger partial charge in [0.15, 0.2) is 5.96 Å². The highest BCUT2D eigenvalue weighted by atomic mass is 127. The molecule has 1 aromatic carbocycles. The van der Waals surface area contributed by atoms with E-state index in [1.807, 2.05) is 0 Å². The topological polar surface area (TPSA) is 45.7 Å². The molecule has 136 valence electrons. The van der Waals surface area contributed by atoms with Crippen molar-refractivity contribution in [3.8, 4) is 0 Å². The summed E-state index contributed by atoms with van der Waals surface area (Å²) in [4.78, 5) is 4.62. The lowest BCUT2D eigenvalue weighted by molar-refractivity contribution is 0.131. The van der Waals surface area contributed by atoms with E-state index in [0.717, 1.165) is 25.0 Å². The zero-order valence-electron chi connectivity index (χ0n) is 15.1. The van der Waals surface area contributed by atoms with E-state index in [0.29, 0.717) is 25.1 Å². The number of nitrogens with zero attached hydrogens (tertiary/aromatic N) is 1. The molecule has 1 aliphatic rings. The fourth-order valence-corrected chi connectivity index (χ4v) is 2.46. The van der Waals surface area contributed by atoms with Gasteiger partial charge in [0.2, 0.25) is 0 Å². The van der Waals surface area contributed by atoms with Crippen LogP contribution < -0.4 is 10.6 Å². The van der Waals surface area contributed by atoms with Crippen LogP contribution in [-0.2, 0) is 4.74 Å². The van der Waals surface area contributed by atoms with Crippen molar-refractivity contribution in [2.24, 2.45) is 10.9 Å². The molecule has 2 N–H and O–H groups in total. The number of hydrogen-bond acceptors (Lipinski definition) is 2. The maximum absolute atomic E-state index is 5.65. The Balaban J connectivity index is 0.00000288. The Bertz CT molecular complexity index is 477.